The summed E-state index contributed by atoms with van der Waals surface area (Å²) in [5.74, 6) is 2.07. The van der Waals surface area contributed by atoms with Crippen molar-refractivity contribution in [2.24, 2.45) is 0 Å². The van der Waals surface area contributed by atoms with Crippen LogP contribution in [0.25, 0.3) is 10.2 Å². The minimum absolute atomic E-state index is 0.234. The molecule has 1 aromatic heterocycles. The van der Waals surface area contributed by atoms with Gasteiger partial charge in [0.1, 0.15) is 18.5 Å². The molecule has 164 valence electrons. The van der Waals surface area contributed by atoms with Crippen LogP contribution in [0.15, 0.2) is 36.4 Å². The van der Waals surface area contributed by atoms with Crippen molar-refractivity contribution in [3.8, 4) is 17.2 Å². The van der Waals surface area contributed by atoms with E-state index in [9.17, 15) is 5.11 Å². The highest BCUT2D eigenvalue weighted by Gasteiger charge is 2.20. The van der Waals surface area contributed by atoms with Gasteiger partial charge in [0.05, 0.1) is 10.2 Å². The van der Waals surface area contributed by atoms with Gasteiger partial charge in [-0.2, -0.15) is 0 Å². The first-order valence-electron chi connectivity index (χ1n) is 10.4. The first-order valence-corrected chi connectivity index (χ1v) is 11.6. The Balaban J connectivity index is 1.13. The minimum Gasteiger partial charge on any atom is -0.491 e. The van der Waals surface area contributed by atoms with Gasteiger partial charge in [-0.1, -0.05) is 22.9 Å². The molecule has 0 spiro atoms. The van der Waals surface area contributed by atoms with E-state index >= 15 is 0 Å². The van der Waals surface area contributed by atoms with Gasteiger partial charge in [-0.15, -0.1) is 0 Å². The fraction of sp³-hybridized carbons (Fsp3) is 0.409. The number of benzene rings is 2. The zero-order valence-electron chi connectivity index (χ0n) is 17.0. The molecule has 5 rings (SSSR count). The van der Waals surface area contributed by atoms with Crippen molar-refractivity contribution in [2.45, 2.75) is 12.5 Å². The smallest absolute Gasteiger partial charge is 0.231 e. The summed E-state index contributed by atoms with van der Waals surface area (Å²) in [6.07, 6.45) is 0.452. The number of nitrogens with zero attached hydrogens (tertiary/aromatic N) is 3. The fourth-order valence-corrected chi connectivity index (χ4v) is 5.17. The minimum atomic E-state index is -0.568. The van der Waals surface area contributed by atoms with E-state index in [0.717, 1.165) is 58.7 Å². The molecule has 7 nitrogen and oxygen atoms in total. The number of β-amino-alcohol motifs (C(OH)–C–C–N with tert-alkyl or cyclic N) is 1. The van der Waals surface area contributed by atoms with Crippen LogP contribution in [0.2, 0.25) is 5.02 Å². The predicted octanol–water partition coefficient (Wildman–Crippen LogP) is 3.63. The lowest BCUT2D eigenvalue weighted by Crippen LogP contribution is -2.38. The van der Waals surface area contributed by atoms with E-state index in [-0.39, 0.29) is 13.4 Å². The monoisotopic (exact) mass is 461 g/mol. The number of rotatable bonds is 6. The van der Waals surface area contributed by atoms with Crippen LogP contribution in [0, 0.1) is 0 Å². The van der Waals surface area contributed by atoms with Gasteiger partial charge in [-0.25, -0.2) is 4.98 Å². The molecule has 2 aromatic carbocycles. The van der Waals surface area contributed by atoms with Crippen LogP contribution in [0.5, 0.6) is 17.2 Å². The van der Waals surface area contributed by atoms with Crippen LogP contribution < -0.4 is 19.1 Å². The summed E-state index contributed by atoms with van der Waals surface area (Å²) in [5.41, 5.74) is 0.988. The zero-order chi connectivity index (χ0) is 21.2. The van der Waals surface area contributed by atoms with Crippen molar-refractivity contribution in [1.29, 1.82) is 0 Å². The predicted molar refractivity (Wildman–Crippen MR) is 122 cm³/mol. The van der Waals surface area contributed by atoms with Gasteiger partial charge in [0.25, 0.3) is 0 Å². The average Bonchev–Trinajstić information content (AvgIpc) is 3.33. The van der Waals surface area contributed by atoms with Crippen LogP contribution >= 0.6 is 22.9 Å². The van der Waals surface area contributed by atoms with Crippen LogP contribution in [0.4, 0.5) is 5.13 Å². The second-order valence-corrected chi connectivity index (χ2v) is 9.18. The molecular weight excluding hydrogens is 438 g/mol. The Morgan fingerprint density at radius 2 is 2.00 bits per heavy atom. The van der Waals surface area contributed by atoms with Gasteiger partial charge >= 0.3 is 0 Å². The molecule has 2 aliphatic rings. The third kappa shape index (κ3) is 4.82. The number of aliphatic hydroxyl groups is 1. The summed E-state index contributed by atoms with van der Waals surface area (Å²) in [4.78, 5) is 9.39. The molecule has 3 heterocycles. The number of thiazole rings is 1. The molecule has 1 atom stereocenters. The van der Waals surface area contributed by atoms with E-state index in [1.807, 2.05) is 30.3 Å². The number of ether oxygens (including phenoxy) is 3. The maximum absolute atomic E-state index is 10.5. The van der Waals surface area contributed by atoms with E-state index in [2.05, 4.69) is 9.80 Å². The molecule has 1 fully saturated rings. The maximum Gasteiger partial charge on any atom is 0.231 e. The Labute approximate surface area is 189 Å². The first-order chi connectivity index (χ1) is 15.1. The third-order valence-corrected chi connectivity index (χ3v) is 6.77. The van der Waals surface area contributed by atoms with E-state index in [1.54, 1.807) is 17.4 Å². The SMILES string of the molecule is O[C@@H](COc1ccc2c(c1)OCO2)CN1CCCN(c2nc3ccc(Cl)cc3s2)CC1. The summed E-state index contributed by atoms with van der Waals surface area (Å²) in [7, 11) is 0. The fourth-order valence-electron chi connectivity index (χ4n) is 3.88. The molecule has 31 heavy (non-hydrogen) atoms. The number of aliphatic hydroxyl groups excluding tert-OH is 1. The van der Waals surface area contributed by atoms with Gasteiger partial charge in [0.2, 0.25) is 6.79 Å². The lowest BCUT2D eigenvalue weighted by molar-refractivity contribution is 0.0704. The van der Waals surface area contributed by atoms with E-state index in [0.29, 0.717) is 18.0 Å². The van der Waals surface area contributed by atoms with Crippen LogP contribution in [0.1, 0.15) is 6.42 Å². The Morgan fingerprint density at radius 3 is 2.94 bits per heavy atom. The molecule has 0 bridgehead atoms. The molecule has 0 saturated carbocycles. The average molecular weight is 462 g/mol. The van der Waals surface area contributed by atoms with Crippen molar-refractivity contribution in [3.63, 3.8) is 0 Å². The second kappa shape index (κ2) is 9.08. The molecule has 3 aromatic rings. The normalized spacial score (nSPS) is 17.7. The van der Waals surface area contributed by atoms with Gasteiger partial charge in [-0.05, 0) is 43.3 Å². The molecule has 0 amide bonds. The highest BCUT2D eigenvalue weighted by atomic mass is 35.5. The Hall–Kier alpha value is -2.26. The van der Waals surface area contributed by atoms with Crippen LogP contribution in [-0.2, 0) is 0 Å². The van der Waals surface area contributed by atoms with Crippen molar-refractivity contribution in [2.75, 3.05) is 51.0 Å². The summed E-state index contributed by atoms with van der Waals surface area (Å²) >= 11 is 7.79. The molecule has 2 aliphatic heterocycles. The molecule has 0 unspecified atom stereocenters. The standard InChI is InChI=1S/C22H24ClN3O4S/c23-15-2-4-18-21(10-15)31-22(24-18)26-7-1-6-25(8-9-26)12-16(27)13-28-17-3-5-19-20(11-17)30-14-29-19/h2-5,10-11,16,27H,1,6-9,12-14H2/t16-/m1/s1. The van der Waals surface area contributed by atoms with Crippen LogP contribution in [0.3, 0.4) is 0 Å². The quantitative estimate of drug-likeness (QED) is 0.601. The number of halogens is 1. The van der Waals surface area contributed by atoms with Crippen molar-refractivity contribution < 1.29 is 19.3 Å². The van der Waals surface area contributed by atoms with Crippen molar-refractivity contribution in [1.82, 2.24) is 9.88 Å². The summed E-state index contributed by atoms with van der Waals surface area (Å²) < 4.78 is 17.5. The molecule has 9 heteroatoms. The molecule has 1 N–H and O–H groups in total. The Bertz CT molecular complexity index is 1060. The summed E-state index contributed by atoms with van der Waals surface area (Å²) in [5, 5.41) is 12.3. The largest absolute Gasteiger partial charge is 0.491 e. The highest BCUT2D eigenvalue weighted by molar-refractivity contribution is 7.22. The van der Waals surface area contributed by atoms with Crippen LogP contribution in [-0.4, -0.2) is 67.2 Å². The zero-order valence-corrected chi connectivity index (χ0v) is 18.6. The lowest BCUT2D eigenvalue weighted by Gasteiger charge is -2.24. The van der Waals surface area contributed by atoms with Gasteiger partial charge in [0.15, 0.2) is 16.6 Å². The van der Waals surface area contributed by atoms with E-state index < -0.39 is 6.10 Å². The molecule has 0 aliphatic carbocycles. The number of aromatic nitrogens is 1. The van der Waals surface area contributed by atoms with E-state index in [1.165, 1.54) is 0 Å². The maximum atomic E-state index is 10.5. The number of hydrogen-bond donors (Lipinski definition) is 1. The summed E-state index contributed by atoms with van der Waals surface area (Å²) in [6.45, 7) is 4.69. The Morgan fingerprint density at radius 1 is 1.10 bits per heavy atom. The topological polar surface area (TPSA) is 67.3 Å². The number of anilines is 1. The van der Waals surface area contributed by atoms with Crippen molar-refractivity contribution >= 4 is 38.3 Å². The number of hydrogen-bond acceptors (Lipinski definition) is 8. The highest BCUT2D eigenvalue weighted by Crippen LogP contribution is 2.35. The number of fused-ring (bicyclic) bond motifs is 2. The Kier molecular flexibility index (Phi) is 6.04. The van der Waals surface area contributed by atoms with E-state index in [4.69, 9.17) is 30.8 Å². The van der Waals surface area contributed by atoms with Gasteiger partial charge < -0.3 is 24.2 Å². The van der Waals surface area contributed by atoms with Gasteiger partial charge in [0, 0.05) is 37.3 Å². The molecular formula is C22H24ClN3O4S. The third-order valence-electron chi connectivity index (χ3n) is 5.45. The molecule has 1 saturated heterocycles. The molecule has 0 radical (unpaired) electrons. The lowest BCUT2D eigenvalue weighted by atomic mass is 10.3. The second-order valence-electron chi connectivity index (χ2n) is 7.73. The first kappa shape index (κ1) is 20.6. The van der Waals surface area contributed by atoms with Crippen molar-refractivity contribution in [3.05, 3.63) is 41.4 Å². The van der Waals surface area contributed by atoms with Gasteiger partial charge in [-0.3, -0.25) is 4.90 Å². The summed E-state index contributed by atoms with van der Waals surface area (Å²) in [6, 6.07) is 11.3.